The fourth-order valence-electron chi connectivity index (χ4n) is 2.78. The van der Waals surface area contributed by atoms with Crippen LogP contribution in [0.25, 0.3) is 22.3 Å². The van der Waals surface area contributed by atoms with Crippen molar-refractivity contribution in [2.24, 2.45) is 5.73 Å². The van der Waals surface area contributed by atoms with Gasteiger partial charge in [0.05, 0.1) is 11.9 Å². The van der Waals surface area contributed by atoms with Crippen LogP contribution in [0, 0.1) is 6.92 Å². The summed E-state index contributed by atoms with van der Waals surface area (Å²) in [6.45, 7) is 0.686. The van der Waals surface area contributed by atoms with Crippen LogP contribution < -0.4 is 16.5 Å². The van der Waals surface area contributed by atoms with Gasteiger partial charge in [0.1, 0.15) is 11.3 Å². The molecule has 0 saturated carbocycles. The summed E-state index contributed by atoms with van der Waals surface area (Å²) in [6.07, 6.45) is 0. The van der Waals surface area contributed by atoms with Crippen LogP contribution in [0.1, 0.15) is 15.9 Å². The van der Waals surface area contributed by atoms with E-state index in [1.54, 1.807) is 25.1 Å². The van der Waals surface area contributed by atoms with Gasteiger partial charge < -0.3 is 20.2 Å². The quantitative estimate of drug-likeness (QED) is 0.610. The highest BCUT2D eigenvalue weighted by molar-refractivity contribution is 6.03. The minimum absolute atomic E-state index is 0.0134. The lowest BCUT2D eigenvalue weighted by Crippen LogP contribution is -2.36. The lowest BCUT2D eigenvalue weighted by Gasteiger charge is -2.10. The van der Waals surface area contributed by atoms with Crippen molar-refractivity contribution in [2.45, 2.75) is 6.92 Å². The zero-order valence-electron chi connectivity index (χ0n) is 15.6. The molecule has 148 valence electrons. The number of carbonyl (C=O) groups is 3. The highest BCUT2D eigenvalue weighted by Crippen LogP contribution is 2.27. The molecule has 0 fully saturated rings. The van der Waals surface area contributed by atoms with Crippen molar-refractivity contribution in [3.05, 3.63) is 69.9 Å². The Hall–Kier alpha value is -3.94. The molecule has 0 unspecified atom stereocenters. The molecule has 3 rings (SSSR count). The lowest BCUT2D eigenvalue weighted by atomic mass is 10.0. The molecule has 0 radical (unpaired) electrons. The highest BCUT2D eigenvalue weighted by atomic mass is 16.5. The van der Waals surface area contributed by atoms with Crippen molar-refractivity contribution in [1.82, 2.24) is 5.32 Å². The van der Waals surface area contributed by atoms with Gasteiger partial charge in [0, 0.05) is 11.1 Å². The normalized spacial score (nSPS) is 10.5. The number of nitrogens with one attached hydrogen (secondary N) is 1. The Kier molecular flexibility index (Phi) is 5.73. The minimum Gasteiger partial charge on any atom is -0.455 e. The SMILES string of the molecule is Cc1c(-c2ccccc2)oc2c(C(=O)OCC(=O)NCC(N)=O)cccc2c1=O. The predicted octanol–water partition coefficient (Wildman–Crippen LogP) is 1.53. The fourth-order valence-corrected chi connectivity index (χ4v) is 2.78. The molecule has 0 atom stereocenters. The molecule has 0 aliphatic carbocycles. The Bertz CT molecular complexity index is 1150. The number of ether oxygens (including phenoxy) is 1. The van der Waals surface area contributed by atoms with Crippen LogP contribution in [0.15, 0.2) is 57.7 Å². The Morgan fingerprint density at radius 2 is 1.79 bits per heavy atom. The molecule has 1 aromatic heterocycles. The van der Waals surface area contributed by atoms with E-state index in [-0.39, 0.29) is 28.5 Å². The maximum atomic E-state index is 12.8. The third-order valence-electron chi connectivity index (χ3n) is 4.20. The molecule has 8 heteroatoms. The molecule has 2 amide bonds. The number of carbonyl (C=O) groups excluding carboxylic acids is 3. The molecular weight excluding hydrogens is 376 g/mol. The summed E-state index contributed by atoms with van der Waals surface area (Å²) in [5, 5.41) is 2.44. The predicted molar refractivity (Wildman–Crippen MR) is 105 cm³/mol. The molecule has 0 bridgehead atoms. The van der Waals surface area contributed by atoms with Gasteiger partial charge in [-0.3, -0.25) is 14.4 Å². The van der Waals surface area contributed by atoms with Crippen molar-refractivity contribution in [3.63, 3.8) is 0 Å². The molecule has 2 aromatic carbocycles. The number of nitrogens with two attached hydrogens (primary N) is 1. The molecule has 8 nitrogen and oxygen atoms in total. The molecule has 3 N–H and O–H groups in total. The van der Waals surface area contributed by atoms with Gasteiger partial charge in [0.25, 0.3) is 5.91 Å². The maximum Gasteiger partial charge on any atom is 0.342 e. The average molecular weight is 394 g/mol. The summed E-state index contributed by atoms with van der Waals surface area (Å²) in [6, 6.07) is 13.6. The fraction of sp³-hybridized carbons (Fsp3) is 0.143. The largest absolute Gasteiger partial charge is 0.455 e. The first kappa shape index (κ1) is 19.8. The van der Waals surface area contributed by atoms with Gasteiger partial charge in [-0.1, -0.05) is 36.4 Å². The molecular formula is C21H18N2O6. The highest BCUT2D eigenvalue weighted by Gasteiger charge is 2.20. The van der Waals surface area contributed by atoms with Gasteiger partial charge in [0.15, 0.2) is 17.6 Å². The van der Waals surface area contributed by atoms with E-state index in [9.17, 15) is 19.2 Å². The molecule has 3 aromatic rings. The number of benzene rings is 2. The second kappa shape index (κ2) is 8.39. The first-order valence-electron chi connectivity index (χ1n) is 8.72. The van der Waals surface area contributed by atoms with Crippen LogP contribution in [0.2, 0.25) is 0 Å². The van der Waals surface area contributed by atoms with Gasteiger partial charge in [-0.2, -0.15) is 0 Å². The second-order valence-corrected chi connectivity index (χ2v) is 6.25. The number of hydrogen-bond acceptors (Lipinski definition) is 6. The summed E-state index contributed by atoms with van der Waals surface area (Å²) in [5.74, 6) is -1.89. The second-order valence-electron chi connectivity index (χ2n) is 6.25. The first-order valence-corrected chi connectivity index (χ1v) is 8.72. The van der Waals surface area contributed by atoms with E-state index in [0.717, 1.165) is 0 Å². The van der Waals surface area contributed by atoms with E-state index in [4.69, 9.17) is 14.9 Å². The maximum absolute atomic E-state index is 12.8. The van der Waals surface area contributed by atoms with Crippen molar-refractivity contribution >= 4 is 28.8 Å². The number of rotatable bonds is 6. The third-order valence-corrected chi connectivity index (χ3v) is 4.20. The van der Waals surface area contributed by atoms with Crippen molar-refractivity contribution < 1.29 is 23.5 Å². The van der Waals surface area contributed by atoms with E-state index < -0.39 is 24.4 Å². The molecule has 0 aliphatic rings. The monoisotopic (exact) mass is 394 g/mol. The van der Waals surface area contributed by atoms with Crippen LogP contribution in [-0.2, 0) is 14.3 Å². The topological polar surface area (TPSA) is 129 Å². The summed E-state index contributed by atoms with van der Waals surface area (Å²) in [4.78, 5) is 47.6. The Balaban J connectivity index is 1.95. The molecule has 0 spiro atoms. The molecule has 29 heavy (non-hydrogen) atoms. The standard InChI is InChI=1S/C21H18N2O6/c1-12-18(26)14-8-5-9-15(21(27)28-11-17(25)23-10-16(22)24)20(14)29-19(12)13-6-3-2-4-7-13/h2-9H,10-11H2,1H3,(H2,22,24)(H,23,25). The number of fused-ring (bicyclic) bond motifs is 1. The Labute approximate surface area is 165 Å². The molecule has 0 saturated heterocycles. The van der Waals surface area contributed by atoms with E-state index in [1.165, 1.54) is 12.1 Å². The van der Waals surface area contributed by atoms with E-state index in [1.807, 2.05) is 18.2 Å². The molecule has 0 aliphatic heterocycles. The lowest BCUT2D eigenvalue weighted by molar-refractivity contribution is -0.127. The minimum atomic E-state index is -0.837. The third kappa shape index (κ3) is 4.32. The first-order chi connectivity index (χ1) is 13.9. The van der Waals surface area contributed by atoms with Crippen LogP contribution >= 0.6 is 0 Å². The number of amides is 2. The summed E-state index contributed by atoms with van der Waals surface area (Å²) < 4.78 is 10.9. The van der Waals surface area contributed by atoms with Crippen molar-refractivity contribution in [2.75, 3.05) is 13.2 Å². The smallest absolute Gasteiger partial charge is 0.342 e. The zero-order chi connectivity index (χ0) is 21.0. The Morgan fingerprint density at radius 3 is 2.48 bits per heavy atom. The number of esters is 1. The van der Waals surface area contributed by atoms with Crippen LogP contribution in [-0.4, -0.2) is 30.9 Å². The van der Waals surface area contributed by atoms with E-state index >= 15 is 0 Å². The zero-order valence-corrected chi connectivity index (χ0v) is 15.6. The summed E-state index contributed by atoms with van der Waals surface area (Å²) in [7, 11) is 0. The van der Waals surface area contributed by atoms with Gasteiger partial charge in [-0.05, 0) is 19.1 Å². The molecule has 1 heterocycles. The van der Waals surface area contributed by atoms with Gasteiger partial charge in [0.2, 0.25) is 5.91 Å². The number of para-hydroxylation sites is 1. The van der Waals surface area contributed by atoms with Gasteiger partial charge >= 0.3 is 5.97 Å². The van der Waals surface area contributed by atoms with Crippen LogP contribution in [0.3, 0.4) is 0 Å². The Morgan fingerprint density at radius 1 is 1.07 bits per heavy atom. The van der Waals surface area contributed by atoms with Crippen LogP contribution in [0.4, 0.5) is 0 Å². The van der Waals surface area contributed by atoms with Gasteiger partial charge in [-0.25, -0.2) is 4.79 Å². The summed E-state index contributed by atoms with van der Waals surface area (Å²) in [5.41, 5.74) is 5.87. The number of hydrogen-bond donors (Lipinski definition) is 2. The van der Waals surface area contributed by atoms with Crippen molar-refractivity contribution in [1.29, 1.82) is 0 Å². The van der Waals surface area contributed by atoms with E-state index in [0.29, 0.717) is 16.9 Å². The van der Waals surface area contributed by atoms with Crippen LogP contribution in [0.5, 0.6) is 0 Å². The number of primary amides is 1. The summed E-state index contributed by atoms with van der Waals surface area (Å²) >= 11 is 0. The van der Waals surface area contributed by atoms with E-state index in [2.05, 4.69) is 5.32 Å². The van der Waals surface area contributed by atoms with Crippen molar-refractivity contribution in [3.8, 4) is 11.3 Å². The van der Waals surface area contributed by atoms with Gasteiger partial charge in [-0.15, -0.1) is 0 Å². The average Bonchev–Trinajstić information content (AvgIpc) is 2.73.